The molecule has 0 saturated carbocycles. The number of hydrogen-bond donors (Lipinski definition) is 0. The highest BCUT2D eigenvalue weighted by Gasteiger charge is 2.19. The van der Waals surface area contributed by atoms with Gasteiger partial charge in [-0.1, -0.05) is 61.9 Å². The lowest BCUT2D eigenvalue weighted by molar-refractivity contribution is 0.523. The zero-order valence-corrected chi connectivity index (χ0v) is 12.7. The first kappa shape index (κ1) is 14.5. The first-order valence-corrected chi connectivity index (χ1v) is 7.69. The van der Waals surface area contributed by atoms with Crippen LogP contribution in [0, 0.1) is 5.95 Å². The highest BCUT2D eigenvalue weighted by atomic mass is 19.1. The highest BCUT2D eigenvalue weighted by molar-refractivity contribution is 5.63. The topological polar surface area (TPSA) is 17.8 Å². The van der Waals surface area contributed by atoms with Crippen molar-refractivity contribution in [2.45, 2.75) is 26.2 Å². The Morgan fingerprint density at radius 3 is 2.23 bits per heavy atom. The second-order valence-electron chi connectivity index (χ2n) is 5.33. The third-order valence-electron chi connectivity index (χ3n) is 3.75. The van der Waals surface area contributed by atoms with Crippen LogP contribution in [0.5, 0.6) is 0 Å². The Hall–Kier alpha value is -2.42. The molecule has 0 fully saturated rings. The molecule has 112 valence electrons. The van der Waals surface area contributed by atoms with E-state index < -0.39 is 0 Å². The van der Waals surface area contributed by atoms with Crippen molar-refractivity contribution in [1.29, 1.82) is 0 Å². The molecule has 0 atom stereocenters. The summed E-state index contributed by atoms with van der Waals surface area (Å²) in [6.07, 6.45) is 2.70. The molecule has 3 heteroatoms. The van der Waals surface area contributed by atoms with E-state index in [0.717, 1.165) is 29.8 Å². The van der Waals surface area contributed by atoms with Crippen molar-refractivity contribution in [3.05, 3.63) is 72.2 Å². The fourth-order valence-corrected chi connectivity index (χ4v) is 2.57. The lowest BCUT2D eigenvalue weighted by Gasteiger charge is -2.02. The first-order chi connectivity index (χ1) is 10.8. The van der Waals surface area contributed by atoms with E-state index in [1.54, 1.807) is 0 Å². The molecule has 2 nitrogen and oxygen atoms in total. The van der Waals surface area contributed by atoms with Crippen LogP contribution in [-0.4, -0.2) is 9.78 Å². The lowest BCUT2D eigenvalue weighted by atomic mass is 10.0. The zero-order chi connectivity index (χ0) is 15.4. The van der Waals surface area contributed by atoms with E-state index in [2.05, 4.69) is 12.0 Å². The molecule has 3 aromatic rings. The number of nitrogens with zero attached hydrogens (tertiary/aromatic N) is 2. The van der Waals surface area contributed by atoms with Crippen LogP contribution < -0.4 is 0 Å². The summed E-state index contributed by atoms with van der Waals surface area (Å²) in [4.78, 5) is 0. The van der Waals surface area contributed by atoms with Crippen LogP contribution in [0.4, 0.5) is 4.39 Å². The molecular formula is C19H19FN2. The molecule has 2 aromatic carbocycles. The van der Waals surface area contributed by atoms with Crippen molar-refractivity contribution in [3.63, 3.8) is 0 Å². The summed E-state index contributed by atoms with van der Waals surface area (Å²) in [7, 11) is 0. The molecule has 0 aliphatic heterocycles. The van der Waals surface area contributed by atoms with Gasteiger partial charge in [0.15, 0.2) is 0 Å². The van der Waals surface area contributed by atoms with Gasteiger partial charge in [0, 0.05) is 11.1 Å². The molecule has 3 rings (SSSR count). The lowest BCUT2D eigenvalue weighted by Crippen LogP contribution is -2.00. The SMILES string of the molecule is CCCCc1c(-c2ccccc2)nn(-c2ccccc2)c1F. The van der Waals surface area contributed by atoms with Gasteiger partial charge in [-0.3, -0.25) is 0 Å². The van der Waals surface area contributed by atoms with E-state index in [-0.39, 0.29) is 5.95 Å². The summed E-state index contributed by atoms with van der Waals surface area (Å²) >= 11 is 0. The van der Waals surface area contributed by atoms with Crippen LogP contribution in [0.25, 0.3) is 16.9 Å². The maximum Gasteiger partial charge on any atom is 0.220 e. The zero-order valence-electron chi connectivity index (χ0n) is 12.7. The number of rotatable bonds is 5. The van der Waals surface area contributed by atoms with Gasteiger partial charge in [-0.05, 0) is 25.0 Å². The fourth-order valence-electron chi connectivity index (χ4n) is 2.57. The minimum atomic E-state index is -0.251. The number of halogens is 1. The number of para-hydroxylation sites is 1. The van der Waals surface area contributed by atoms with Gasteiger partial charge in [-0.2, -0.15) is 9.49 Å². The van der Waals surface area contributed by atoms with Gasteiger partial charge in [0.1, 0.15) is 0 Å². The predicted octanol–water partition coefficient (Wildman–Crippen LogP) is 5.02. The van der Waals surface area contributed by atoms with Gasteiger partial charge in [0.25, 0.3) is 0 Å². The number of benzene rings is 2. The quantitative estimate of drug-likeness (QED) is 0.646. The van der Waals surface area contributed by atoms with Crippen molar-refractivity contribution in [2.24, 2.45) is 0 Å². The Morgan fingerprint density at radius 1 is 0.955 bits per heavy atom. The van der Waals surface area contributed by atoms with Crippen LogP contribution >= 0.6 is 0 Å². The number of hydrogen-bond acceptors (Lipinski definition) is 1. The third kappa shape index (κ3) is 2.80. The van der Waals surface area contributed by atoms with Gasteiger partial charge in [0.05, 0.1) is 11.4 Å². The Bertz CT molecular complexity index is 733. The minimum Gasteiger partial charge on any atom is -0.206 e. The monoisotopic (exact) mass is 294 g/mol. The highest BCUT2D eigenvalue weighted by Crippen LogP contribution is 2.27. The summed E-state index contributed by atoms with van der Waals surface area (Å²) in [6, 6.07) is 19.3. The Kier molecular flexibility index (Phi) is 4.33. The van der Waals surface area contributed by atoms with Crippen molar-refractivity contribution in [2.75, 3.05) is 0 Å². The molecule has 0 radical (unpaired) electrons. The maximum absolute atomic E-state index is 14.9. The second-order valence-corrected chi connectivity index (χ2v) is 5.33. The third-order valence-corrected chi connectivity index (χ3v) is 3.75. The number of unbranched alkanes of at least 4 members (excludes halogenated alkanes) is 1. The smallest absolute Gasteiger partial charge is 0.206 e. The molecule has 0 aliphatic carbocycles. The standard InChI is InChI=1S/C19H19FN2/c1-2-3-14-17-18(15-10-6-4-7-11-15)21-22(19(17)20)16-12-8-5-9-13-16/h4-13H,2-3,14H2,1H3. The Morgan fingerprint density at radius 2 is 1.59 bits per heavy atom. The van der Waals surface area contributed by atoms with Gasteiger partial charge in [0.2, 0.25) is 5.95 Å². The Balaban J connectivity index is 2.12. The summed E-state index contributed by atoms with van der Waals surface area (Å²) in [6.45, 7) is 2.11. The van der Waals surface area contributed by atoms with E-state index in [4.69, 9.17) is 0 Å². The van der Waals surface area contributed by atoms with Crippen molar-refractivity contribution in [3.8, 4) is 16.9 Å². The predicted molar refractivity (Wildman–Crippen MR) is 87.6 cm³/mol. The summed E-state index contributed by atoms with van der Waals surface area (Å²) < 4.78 is 16.3. The van der Waals surface area contributed by atoms with E-state index in [1.807, 2.05) is 60.7 Å². The van der Waals surface area contributed by atoms with Crippen LogP contribution in [-0.2, 0) is 6.42 Å². The molecule has 1 heterocycles. The van der Waals surface area contributed by atoms with E-state index in [1.165, 1.54) is 4.68 Å². The second kappa shape index (κ2) is 6.56. The molecule has 0 amide bonds. The van der Waals surface area contributed by atoms with E-state index in [9.17, 15) is 4.39 Å². The molecule has 0 N–H and O–H groups in total. The largest absolute Gasteiger partial charge is 0.220 e. The van der Waals surface area contributed by atoms with Gasteiger partial charge >= 0.3 is 0 Å². The summed E-state index contributed by atoms with van der Waals surface area (Å²) in [5, 5.41) is 4.54. The van der Waals surface area contributed by atoms with Crippen LogP contribution in [0.2, 0.25) is 0 Å². The van der Waals surface area contributed by atoms with Crippen LogP contribution in [0.15, 0.2) is 60.7 Å². The van der Waals surface area contributed by atoms with Gasteiger partial charge in [-0.15, -0.1) is 0 Å². The first-order valence-electron chi connectivity index (χ1n) is 7.69. The van der Waals surface area contributed by atoms with Crippen LogP contribution in [0.1, 0.15) is 25.3 Å². The van der Waals surface area contributed by atoms with Crippen molar-refractivity contribution >= 4 is 0 Å². The average molecular weight is 294 g/mol. The molecular weight excluding hydrogens is 275 g/mol. The molecule has 22 heavy (non-hydrogen) atoms. The van der Waals surface area contributed by atoms with Crippen molar-refractivity contribution in [1.82, 2.24) is 9.78 Å². The number of aromatic nitrogens is 2. The molecule has 0 spiro atoms. The average Bonchev–Trinajstić information content (AvgIpc) is 2.91. The normalized spacial score (nSPS) is 10.8. The maximum atomic E-state index is 14.9. The summed E-state index contributed by atoms with van der Waals surface area (Å²) in [5.74, 6) is -0.251. The summed E-state index contributed by atoms with van der Waals surface area (Å²) in [5.41, 5.74) is 3.16. The molecule has 0 aliphatic rings. The fraction of sp³-hybridized carbons (Fsp3) is 0.211. The van der Waals surface area contributed by atoms with E-state index in [0.29, 0.717) is 12.0 Å². The van der Waals surface area contributed by atoms with Crippen LogP contribution in [0.3, 0.4) is 0 Å². The van der Waals surface area contributed by atoms with Crippen molar-refractivity contribution < 1.29 is 4.39 Å². The Labute approximate surface area is 130 Å². The molecule has 1 aromatic heterocycles. The minimum absolute atomic E-state index is 0.251. The van der Waals surface area contributed by atoms with Gasteiger partial charge in [-0.25, -0.2) is 4.68 Å². The van der Waals surface area contributed by atoms with E-state index >= 15 is 0 Å². The van der Waals surface area contributed by atoms with Gasteiger partial charge < -0.3 is 0 Å². The molecule has 0 bridgehead atoms. The molecule has 0 unspecified atom stereocenters. The molecule has 0 saturated heterocycles.